The Balaban J connectivity index is 1.25. The van der Waals surface area contributed by atoms with Crippen LogP contribution in [0.25, 0.3) is 0 Å². The lowest BCUT2D eigenvalue weighted by Gasteiger charge is -2.40. The second-order valence-electron chi connectivity index (χ2n) is 10.3. The summed E-state index contributed by atoms with van der Waals surface area (Å²) < 4.78 is 34.9. The molecule has 3 fully saturated rings. The number of rotatable bonds is 6. The van der Waals surface area contributed by atoms with Gasteiger partial charge in [0.1, 0.15) is 6.61 Å². The monoisotopic (exact) mass is 545 g/mol. The number of halogens is 1. The van der Waals surface area contributed by atoms with E-state index in [1.165, 1.54) is 44.2 Å². The second kappa shape index (κ2) is 11.7. The van der Waals surface area contributed by atoms with Crippen LogP contribution in [0.3, 0.4) is 0 Å². The summed E-state index contributed by atoms with van der Waals surface area (Å²) in [6.45, 7) is 3.09. The zero-order valence-electron chi connectivity index (χ0n) is 21.2. The van der Waals surface area contributed by atoms with E-state index in [1.807, 2.05) is 30.3 Å². The number of sulfonamides is 1. The third-order valence-corrected chi connectivity index (χ3v) is 10.3. The molecule has 200 valence electrons. The van der Waals surface area contributed by atoms with Crippen LogP contribution < -0.4 is 0 Å². The highest BCUT2D eigenvalue weighted by molar-refractivity contribution is 7.89. The quantitative estimate of drug-likeness (QED) is 0.491. The van der Waals surface area contributed by atoms with Crippen LogP contribution in [0.1, 0.15) is 56.6 Å². The Morgan fingerprint density at radius 1 is 0.865 bits per heavy atom. The highest BCUT2D eigenvalue weighted by atomic mass is 35.5. The van der Waals surface area contributed by atoms with E-state index in [0.29, 0.717) is 37.0 Å². The van der Waals surface area contributed by atoms with Crippen molar-refractivity contribution in [3.05, 3.63) is 65.2 Å². The predicted molar refractivity (Wildman–Crippen MR) is 144 cm³/mol. The highest BCUT2D eigenvalue weighted by Crippen LogP contribution is 2.40. The van der Waals surface area contributed by atoms with Crippen LogP contribution >= 0.6 is 11.6 Å². The normalized spacial score (nSPS) is 24.3. The molecule has 5 rings (SSSR count). The molecule has 2 aliphatic heterocycles. The molecule has 0 N–H and O–H groups in total. The summed E-state index contributed by atoms with van der Waals surface area (Å²) in [6, 6.07) is 15.8. The van der Waals surface area contributed by atoms with Gasteiger partial charge in [-0.15, -0.1) is 0 Å². The number of amides is 1. The first-order chi connectivity index (χ1) is 17.9. The first-order valence-electron chi connectivity index (χ1n) is 13.4. The molecule has 9 heteroatoms. The average molecular weight is 546 g/mol. The molecule has 1 amide bonds. The molecular weight excluding hydrogens is 510 g/mol. The fraction of sp³-hybridized carbons (Fsp3) is 0.536. The molecule has 1 unspecified atom stereocenters. The molecule has 2 saturated heterocycles. The van der Waals surface area contributed by atoms with Crippen molar-refractivity contribution in [2.24, 2.45) is 0 Å². The SMILES string of the molecule is O=C(OC[C@H]1CCC(c2ccccc2)N1S(=O)(=O)c1ccc(Cl)cc1)N1CCN(C2CCCCC2)CC1. The Morgan fingerprint density at radius 2 is 1.54 bits per heavy atom. The van der Waals surface area contributed by atoms with Gasteiger partial charge in [-0.25, -0.2) is 13.2 Å². The zero-order chi connectivity index (χ0) is 25.8. The maximum atomic E-state index is 13.8. The van der Waals surface area contributed by atoms with Gasteiger partial charge >= 0.3 is 6.09 Å². The van der Waals surface area contributed by atoms with E-state index in [9.17, 15) is 13.2 Å². The molecule has 2 aromatic carbocycles. The standard InChI is InChI=1S/C28H36ClN3O4S/c29-23-11-14-26(15-12-23)37(34,35)32-25(13-16-27(32)22-7-3-1-4-8-22)21-36-28(33)31-19-17-30(18-20-31)24-9-5-2-6-10-24/h1,3-4,7-8,11-12,14-15,24-25,27H,2,5-6,9-10,13,16-21H2/t25-,27?/m1/s1. The molecular formula is C28H36ClN3O4S. The maximum Gasteiger partial charge on any atom is 0.409 e. The van der Waals surface area contributed by atoms with Gasteiger partial charge < -0.3 is 9.64 Å². The Morgan fingerprint density at radius 3 is 2.22 bits per heavy atom. The Labute approximate surface area is 225 Å². The van der Waals surface area contributed by atoms with Gasteiger partial charge in [0.05, 0.1) is 17.0 Å². The van der Waals surface area contributed by atoms with Crippen molar-refractivity contribution in [3.63, 3.8) is 0 Å². The molecule has 1 aliphatic carbocycles. The van der Waals surface area contributed by atoms with Gasteiger partial charge in [0.15, 0.2) is 0 Å². The van der Waals surface area contributed by atoms with Gasteiger partial charge in [-0.2, -0.15) is 4.31 Å². The van der Waals surface area contributed by atoms with Crippen LogP contribution in [0.2, 0.25) is 5.02 Å². The number of carbonyl (C=O) groups excluding carboxylic acids is 1. The largest absolute Gasteiger partial charge is 0.448 e. The van der Waals surface area contributed by atoms with Gasteiger partial charge in [-0.3, -0.25) is 4.90 Å². The van der Waals surface area contributed by atoms with E-state index in [0.717, 1.165) is 18.7 Å². The average Bonchev–Trinajstić information content (AvgIpc) is 3.38. The van der Waals surface area contributed by atoms with Crippen LogP contribution in [-0.2, 0) is 14.8 Å². The molecule has 2 heterocycles. The summed E-state index contributed by atoms with van der Waals surface area (Å²) in [7, 11) is -3.83. The first-order valence-corrected chi connectivity index (χ1v) is 15.2. The highest BCUT2D eigenvalue weighted by Gasteiger charge is 2.43. The number of hydrogen-bond acceptors (Lipinski definition) is 5. The molecule has 3 aliphatic rings. The van der Waals surface area contributed by atoms with Gasteiger partial charge in [-0.05, 0) is 55.5 Å². The van der Waals surface area contributed by atoms with Crippen molar-refractivity contribution < 1.29 is 17.9 Å². The second-order valence-corrected chi connectivity index (χ2v) is 12.6. The van der Waals surface area contributed by atoms with E-state index in [2.05, 4.69) is 4.90 Å². The van der Waals surface area contributed by atoms with Crippen molar-refractivity contribution in [1.29, 1.82) is 0 Å². The van der Waals surface area contributed by atoms with Gasteiger partial charge in [0.2, 0.25) is 10.0 Å². The fourth-order valence-corrected chi connectivity index (χ4v) is 8.04. The molecule has 0 spiro atoms. The van der Waals surface area contributed by atoms with Crippen LogP contribution in [-0.4, -0.2) is 73.5 Å². The van der Waals surface area contributed by atoms with Crippen LogP contribution in [0.15, 0.2) is 59.5 Å². The number of nitrogens with zero attached hydrogens (tertiary/aromatic N) is 3. The summed E-state index contributed by atoms with van der Waals surface area (Å²) >= 11 is 6.01. The number of piperazine rings is 1. The van der Waals surface area contributed by atoms with E-state index in [4.69, 9.17) is 16.3 Å². The van der Waals surface area contributed by atoms with Crippen molar-refractivity contribution in [2.45, 2.75) is 68.0 Å². The third-order valence-electron chi connectivity index (χ3n) is 8.08. The van der Waals surface area contributed by atoms with Gasteiger partial charge in [0, 0.05) is 37.2 Å². The molecule has 0 aromatic heterocycles. The Bertz CT molecular complexity index is 1150. The van der Waals surface area contributed by atoms with Crippen molar-refractivity contribution >= 4 is 27.7 Å². The topological polar surface area (TPSA) is 70.2 Å². The zero-order valence-corrected chi connectivity index (χ0v) is 22.7. The number of benzene rings is 2. The van der Waals surface area contributed by atoms with Crippen molar-refractivity contribution in [3.8, 4) is 0 Å². The number of carbonyl (C=O) groups is 1. The fourth-order valence-electron chi connectivity index (χ4n) is 6.07. The molecule has 0 radical (unpaired) electrons. The Hall–Kier alpha value is -2.13. The Kier molecular flexibility index (Phi) is 8.39. The van der Waals surface area contributed by atoms with Crippen LogP contribution in [0, 0.1) is 0 Å². The van der Waals surface area contributed by atoms with Crippen LogP contribution in [0.4, 0.5) is 4.79 Å². The third kappa shape index (κ3) is 5.98. The van der Waals surface area contributed by atoms with E-state index < -0.39 is 16.1 Å². The first kappa shape index (κ1) is 26.5. The minimum absolute atomic E-state index is 0.0395. The molecule has 0 bridgehead atoms. The number of hydrogen-bond donors (Lipinski definition) is 0. The lowest BCUT2D eigenvalue weighted by atomic mass is 9.94. The summed E-state index contributed by atoms with van der Waals surface area (Å²) in [5.74, 6) is 0. The summed E-state index contributed by atoms with van der Waals surface area (Å²) in [4.78, 5) is 17.4. The molecule has 7 nitrogen and oxygen atoms in total. The van der Waals surface area contributed by atoms with Gasteiger partial charge in [-0.1, -0.05) is 61.2 Å². The van der Waals surface area contributed by atoms with E-state index >= 15 is 0 Å². The van der Waals surface area contributed by atoms with Gasteiger partial charge in [0.25, 0.3) is 0 Å². The minimum atomic E-state index is -3.83. The van der Waals surface area contributed by atoms with Crippen LogP contribution in [0.5, 0.6) is 0 Å². The molecule has 2 atom stereocenters. The van der Waals surface area contributed by atoms with Crippen molar-refractivity contribution in [2.75, 3.05) is 32.8 Å². The summed E-state index contributed by atoms with van der Waals surface area (Å²) in [5.41, 5.74) is 0.938. The van der Waals surface area contributed by atoms with E-state index in [-0.39, 0.29) is 23.6 Å². The molecule has 37 heavy (non-hydrogen) atoms. The smallest absolute Gasteiger partial charge is 0.409 e. The molecule has 2 aromatic rings. The lowest BCUT2D eigenvalue weighted by molar-refractivity contribution is 0.0486. The predicted octanol–water partition coefficient (Wildman–Crippen LogP) is 5.32. The lowest BCUT2D eigenvalue weighted by Crippen LogP contribution is -2.52. The number of ether oxygens (including phenoxy) is 1. The van der Waals surface area contributed by atoms with Crippen molar-refractivity contribution in [1.82, 2.24) is 14.1 Å². The van der Waals surface area contributed by atoms with E-state index in [1.54, 1.807) is 21.3 Å². The summed E-state index contributed by atoms with van der Waals surface area (Å²) in [5, 5.41) is 0.481. The summed E-state index contributed by atoms with van der Waals surface area (Å²) in [6.07, 6.45) is 7.38. The maximum absolute atomic E-state index is 13.8. The molecule has 1 saturated carbocycles. The minimum Gasteiger partial charge on any atom is -0.448 e.